The van der Waals surface area contributed by atoms with Gasteiger partial charge in [0.05, 0.1) is 12.2 Å². The first kappa shape index (κ1) is 14.3. The summed E-state index contributed by atoms with van der Waals surface area (Å²) in [6.45, 7) is 10.5. The predicted molar refractivity (Wildman–Crippen MR) is 76.8 cm³/mol. The summed E-state index contributed by atoms with van der Waals surface area (Å²) in [4.78, 5) is 0. The van der Waals surface area contributed by atoms with Gasteiger partial charge < -0.3 is 10.1 Å². The van der Waals surface area contributed by atoms with Crippen molar-refractivity contribution in [1.82, 2.24) is 5.32 Å². The SMILES string of the molecule is CCC(CNC1CC1)OC1CC(C)CC(C)(C)C1. The summed E-state index contributed by atoms with van der Waals surface area (Å²) in [5.74, 6) is 0.813. The Balaban J connectivity index is 1.77. The molecule has 0 aromatic carbocycles. The van der Waals surface area contributed by atoms with Crippen molar-refractivity contribution >= 4 is 0 Å². The van der Waals surface area contributed by atoms with Gasteiger partial charge in [0.25, 0.3) is 0 Å². The molecule has 0 bridgehead atoms. The second-order valence-corrected chi connectivity index (χ2v) is 7.38. The molecule has 106 valence electrons. The fourth-order valence-electron chi connectivity index (χ4n) is 3.51. The second kappa shape index (κ2) is 5.92. The summed E-state index contributed by atoms with van der Waals surface area (Å²) in [6, 6.07) is 0.796. The van der Waals surface area contributed by atoms with E-state index in [1.807, 2.05) is 0 Å². The van der Waals surface area contributed by atoms with Crippen LogP contribution < -0.4 is 5.32 Å². The van der Waals surface area contributed by atoms with E-state index < -0.39 is 0 Å². The van der Waals surface area contributed by atoms with E-state index in [1.54, 1.807) is 0 Å². The van der Waals surface area contributed by atoms with Crippen molar-refractivity contribution in [3.63, 3.8) is 0 Å². The molecule has 18 heavy (non-hydrogen) atoms. The van der Waals surface area contributed by atoms with E-state index in [0.29, 0.717) is 17.6 Å². The lowest BCUT2D eigenvalue weighted by Crippen LogP contribution is -2.38. The fraction of sp³-hybridized carbons (Fsp3) is 1.00. The normalized spacial score (nSPS) is 33.3. The molecule has 2 nitrogen and oxygen atoms in total. The van der Waals surface area contributed by atoms with Crippen molar-refractivity contribution in [1.29, 1.82) is 0 Å². The quantitative estimate of drug-likeness (QED) is 0.778. The average Bonchev–Trinajstić information content (AvgIpc) is 3.04. The van der Waals surface area contributed by atoms with Crippen LogP contribution in [0.25, 0.3) is 0 Å². The molecule has 2 aliphatic carbocycles. The van der Waals surface area contributed by atoms with Crippen molar-refractivity contribution in [2.75, 3.05) is 6.54 Å². The second-order valence-electron chi connectivity index (χ2n) is 7.38. The summed E-state index contributed by atoms with van der Waals surface area (Å²) < 4.78 is 6.36. The third-order valence-electron chi connectivity index (χ3n) is 4.40. The highest BCUT2D eigenvalue weighted by Gasteiger charge is 2.33. The lowest BCUT2D eigenvalue weighted by Gasteiger charge is -2.40. The van der Waals surface area contributed by atoms with Gasteiger partial charge >= 0.3 is 0 Å². The zero-order valence-electron chi connectivity index (χ0n) is 12.7. The first-order chi connectivity index (χ1) is 8.48. The Hall–Kier alpha value is -0.0800. The van der Waals surface area contributed by atoms with E-state index in [4.69, 9.17) is 4.74 Å². The summed E-state index contributed by atoms with van der Waals surface area (Å²) in [7, 11) is 0. The van der Waals surface area contributed by atoms with E-state index >= 15 is 0 Å². The van der Waals surface area contributed by atoms with E-state index in [0.717, 1.165) is 24.9 Å². The minimum atomic E-state index is 0.414. The largest absolute Gasteiger partial charge is 0.374 e. The van der Waals surface area contributed by atoms with Gasteiger partial charge in [0.1, 0.15) is 0 Å². The number of rotatable bonds is 6. The molecular formula is C16H31NO. The summed E-state index contributed by atoms with van der Waals surface area (Å²) in [5, 5.41) is 3.60. The zero-order chi connectivity index (χ0) is 13.2. The number of hydrogen-bond donors (Lipinski definition) is 1. The molecule has 2 saturated carbocycles. The van der Waals surface area contributed by atoms with Gasteiger partial charge in [0, 0.05) is 12.6 Å². The van der Waals surface area contributed by atoms with Crippen molar-refractivity contribution < 1.29 is 4.74 Å². The summed E-state index contributed by atoms with van der Waals surface area (Å²) in [6.07, 6.45) is 8.59. The van der Waals surface area contributed by atoms with Gasteiger partial charge in [-0.05, 0) is 49.9 Å². The van der Waals surface area contributed by atoms with Gasteiger partial charge in [-0.15, -0.1) is 0 Å². The highest BCUT2D eigenvalue weighted by atomic mass is 16.5. The van der Waals surface area contributed by atoms with Crippen LogP contribution in [-0.4, -0.2) is 24.8 Å². The predicted octanol–water partition coefficient (Wildman–Crippen LogP) is 3.75. The van der Waals surface area contributed by atoms with Crippen LogP contribution >= 0.6 is 0 Å². The third kappa shape index (κ3) is 4.55. The Morgan fingerprint density at radius 3 is 2.56 bits per heavy atom. The molecule has 2 rings (SSSR count). The molecule has 2 heteroatoms. The van der Waals surface area contributed by atoms with E-state index in [-0.39, 0.29) is 0 Å². The maximum Gasteiger partial charge on any atom is 0.0700 e. The lowest BCUT2D eigenvalue weighted by atomic mass is 9.71. The minimum absolute atomic E-state index is 0.414. The van der Waals surface area contributed by atoms with Crippen LogP contribution in [-0.2, 0) is 4.74 Å². The molecular weight excluding hydrogens is 222 g/mol. The van der Waals surface area contributed by atoms with Crippen LogP contribution in [0.15, 0.2) is 0 Å². The first-order valence-electron chi connectivity index (χ1n) is 7.87. The number of hydrogen-bond acceptors (Lipinski definition) is 2. The van der Waals surface area contributed by atoms with Crippen LogP contribution in [0.5, 0.6) is 0 Å². The average molecular weight is 253 g/mol. The van der Waals surface area contributed by atoms with Gasteiger partial charge in [0.2, 0.25) is 0 Å². The third-order valence-corrected chi connectivity index (χ3v) is 4.40. The zero-order valence-corrected chi connectivity index (χ0v) is 12.7. The van der Waals surface area contributed by atoms with Crippen molar-refractivity contribution in [2.45, 2.75) is 84.5 Å². The van der Waals surface area contributed by atoms with E-state index in [2.05, 4.69) is 33.0 Å². The molecule has 3 atom stereocenters. The fourth-order valence-corrected chi connectivity index (χ4v) is 3.51. The topological polar surface area (TPSA) is 21.3 Å². The van der Waals surface area contributed by atoms with Crippen LogP contribution in [0.4, 0.5) is 0 Å². The molecule has 0 aliphatic heterocycles. The monoisotopic (exact) mass is 253 g/mol. The molecule has 2 aliphatic rings. The minimum Gasteiger partial charge on any atom is -0.374 e. The lowest BCUT2D eigenvalue weighted by molar-refractivity contribution is -0.0654. The van der Waals surface area contributed by atoms with Crippen molar-refractivity contribution in [3.05, 3.63) is 0 Å². The Kier molecular flexibility index (Phi) is 4.71. The molecule has 0 aromatic rings. The molecule has 2 fully saturated rings. The van der Waals surface area contributed by atoms with Crippen LogP contribution in [0, 0.1) is 11.3 Å². The van der Waals surface area contributed by atoms with Gasteiger partial charge in [0.15, 0.2) is 0 Å². The van der Waals surface area contributed by atoms with Crippen molar-refractivity contribution in [3.8, 4) is 0 Å². The maximum atomic E-state index is 6.36. The first-order valence-corrected chi connectivity index (χ1v) is 7.87. The Labute approximate surface area is 113 Å². The van der Waals surface area contributed by atoms with E-state index in [9.17, 15) is 0 Å². The Morgan fingerprint density at radius 1 is 1.28 bits per heavy atom. The van der Waals surface area contributed by atoms with Gasteiger partial charge in [-0.3, -0.25) is 0 Å². The Bertz CT molecular complexity index is 260. The molecule has 0 spiro atoms. The number of ether oxygens (including phenoxy) is 1. The van der Waals surface area contributed by atoms with Crippen LogP contribution in [0.3, 0.4) is 0 Å². The molecule has 0 radical (unpaired) electrons. The maximum absolute atomic E-state index is 6.36. The van der Waals surface area contributed by atoms with Crippen LogP contribution in [0.1, 0.15) is 66.2 Å². The molecule has 1 N–H and O–H groups in total. The van der Waals surface area contributed by atoms with Gasteiger partial charge in [-0.25, -0.2) is 0 Å². The highest BCUT2D eigenvalue weighted by Crippen LogP contribution is 2.40. The standard InChI is InChI=1S/C16H31NO/c1-5-14(11-17-13-6-7-13)18-15-8-12(2)9-16(3,4)10-15/h12-15,17H,5-11H2,1-4H3. The molecule has 0 heterocycles. The molecule has 3 unspecified atom stereocenters. The number of nitrogens with one attached hydrogen (secondary N) is 1. The molecule has 0 aromatic heterocycles. The Morgan fingerprint density at radius 2 is 2.00 bits per heavy atom. The van der Waals surface area contributed by atoms with E-state index in [1.165, 1.54) is 32.1 Å². The highest BCUT2D eigenvalue weighted by molar-refractivity contribution is 4.85. The molecule has 0 amide bonds. The summed E-state index contributed by atoms with van der Waals surface area (Å²) >= 11 is 0. The van der Waals surface area contributed by atoms with Gasteiger partial charge in [-0.1, -0.05) is 27.7 Å². The molecule has 0 saturated heterocycles. The van der Waals surface area contributed by atoms with Crippen LogP contribution in [0.2, 0.25) is 0 Å². The van der Waals surface area contributed by atoms with Crippen molar-refractivity contribution in [2.24, 2.45) is 11.3 Å². The summed E-state index contributed by atoms with van der Waals surface area (Å²) in [5.41, 5.74) is 0.463. The van der Waals surface area contributed by atoms with Gasteiger partial charge in [-0.2, -0.15) is 0 Å². The smallest absolute Gasteiger partial charge is 0.0700 e.